The van der Waals surface area contributed by atoms with Crippen LogP contribution in [-0.2, 0) is 4.74 Å². The summed E-state index contributed by atoms with van der Waals surface area (Å²) in [6.07, 6.45) is 1.30. The molecule has 1 aromatic carbocycles. The van der Waals surface area contributed by atoms with Crippen molar-refractivity contribution in [1.82, 2.24) is 10.3 Å². The lowest BCUT2D eigenvalue weighted by Gasteiger charge is -2.28. The Morgan fingerprint density at radius 3 is 2.68 bits per heavy atom. The first-order valence-corrected chi connectivity index (χ1v) is 9.18. The number of benzene rings is 1. The lowest BCUT2D eigenvalue weighted by Crippen LogP contribution is -2.42. The summed E-state index contributed by atoms with van der Waals surface area (Å²) in [5.74, 6) is -0.331. The van der Waals surface area contributed by atoms with E-state index in [2.05, 4.69) is 10.3 Å². The zero-order valence-corrected chi connectivity index (χ0v) is 16.5. The molecule has 0 aliphatic carbocycles. The molecule has 1 aliphatic heterocycles. The average molecular weight is 383 g/mol. The van der Waals surface area contributed by atoms with Crippen molar-refractivity contribution in [2.45, 2.75) is 39.3 Å². The number of rotatable bonds is 5. The van der Waals surface area contributed by atoms with Crippen molar-refractivity contribution >= 4 is 17.7 Å². The summed E-state index contributed by atoms with van der Waals surface area (Å²) in [5.41, 5.74) is 2.85. The molecule has 0 spiro atoms. The Bertz CT molecular complexity index is 893. The van der Waals surface area contributed by atoms with Gasteiger partial charge in [-0.2, -0.15) is 0 Å². The molecule has 28 heavy (non-hydrogen) atoms. The predicted octanol–water partition coefficient (Wildman–Crippen LogP) is 2.90. The van der Waals surface area contributed by atoms with Crippen LogP contribution in [0.1, 0.15) is 36.7 Å². The van der Waals surface area contributed by atoms with E-state index in [0.717, 1.165) is 11.1 Å². The number of aliphatic hydroxyl groups excluding tert-OH is 1. The van der Waals surface area contributed by atoms with Crippen LogP contribution < -0.4 is 10.2 Å². The summed E-state index contributed by atoms with van der Waals surface area (Å²) in [7, 11) is 0. The van der Waals surface area contributed by atoms with E-state index in [1.54, 1.807) is 30.2 Å². The summed E-state index contributed by atoms with van der Waals surface area (Å²) in [6, 6.07) is 8.65. The Hall–Kier alpha value is -2.93. The van der Waals surface area contributed by atoms with Gasteiger partial charge in [-0.25, -0.2) is 4.79 Å². The molecular formula is C21H25N3O4. The molecule has 1 aliphatic rings. The average Bonchev–Trinajstić information content (AvgIpc) is 2.94. The fourth-order valence-electron chi connectivity index (χ4n) is 3.08. The minimum absolute atomic E-state index is 0.163. The van der Waals surface area contributed by atoms with Crippen LogP contribution in [0.2, 0.25) is 0 Å². The molecule has 2 N–H and O–H groups in total. The SMILES string of the molecule is Cc1ccc(-c2cc(C(=O)N[C@@H](C)CO)cc(N3C(=O)OCC3(C)C)c2)nc1. The number of nitrogens with one attached hydrogen (secondary N) is 1. The van der Waals surface area contributed by atoms with Crippen molar-refractivity contribution in [3.63, 3.8) is 0 Å². The monoisotopic (exact) mass is 383 g/mol. The van der Waals surface area contributed by atoms with Crippen LogP contribution in [0.15, 0.2) is 36.5 Å². The van der Waals surface area contributed by atoms with Gasteiger partial charge in [0.1, 0.15) is 6.61 Å². The number of aryl methyl sites for hydroxylation is 1. The molecular weight excluding hydrogens is 358 g/mol. The topological polar surface area (TPSA) is 91.8 Å². The van der Waals surface area contributed by atoms with Crippen molar-refractivity contribution in [1.29, 1.82) is 0 Å². The van der Waals surface area contributed by atoms with E-state index < -0.39 is 11.6 Å². The Morgan fingerprint density at radius 2 is 2.11 bits per heavy atom. The zero-order chi connectivity index (χ0) is 20.5. The van der Waals surface area contributed by atoms with Gasteiger partial charge in [0.15, 0.2) is 0 Å². The molecule has 1 fully saturated rings. The number of pyridine rings is 1. The van der Waals surface area contributed by atoms with Gasteiger partial charge in [0.05, 0.1) is 17.8 Å². The Balaban J connectivity index is 2.10. The second kappa shape index (κ2) is 7.59. The Labute approximate surface area is 164 Å². The quantitative estimate of drug-likeness (QED) is 0.828. The molecule has 0 bridgehead atoms. The van der Waals surface area contributed by atoms with Crippen LogP contribution >= 0.6 is 0 Å². The summed E-state index contributed by atoms with van der Waals surface area (Å²) in [5, 5.41) is 12.0. The number of aliphatic hydroxyl groups is 1. The third-order valence-electron chi connectivity index (χ3n) is 4.63. The molecule has 148 valence electrons. The van der Waals surface area contributed by atoms with Crippen molar-refractivity contribution in [3.05, 3.63) is 47.7 Å². The molecule has 1 atom stereocenters. The largest absolute Gasteiger partial charge is 0.447 e. The van der Waals surface area contributed by atoms with Crippen molar-refractivity contribution in [3.8, 4) is 11.3 Å². The van der Waals surface area contributed by atoms with Crippen LogP contribution in [0.4, 0.5) is 10.5 Å². The molecule has 7 nitrogen and oxygen atoms in total. The second-order valence-electron chi connectivity index (χ2n) is 7.75. The van der Waals surface area contributed by atoms with Gasteiger partial charge in [-0.1, -0.05) is 6.07 Å². The minimum Gasteiger partial charge on any atom is -0.447 e. The zero-order valence-electron chi connectivity index (χ0n) is 16.5. The number of cyclic esters (lactones) is 1. The molecule has 0 unspecified atom stereocenters. The number of nitrogens with zero attached hydrogens (tertiary/aromatic N) is 2. The van der Waals surface area contributed by atoms with E-state index in [4.69, 9.17) is 4.74 Å². The maximum absolute atomic E-state index is 12.7. The Morgan fingerprint density at radius 1 is 1.36 bits per heavy atom. The third kappa shape index (κ3) is 3.99. The highest BCUT2D eigenvalue weighted by atomic mass is 16.6. The number of hydrogen-bond acceptors (Lipinski definition) is 5. The van der Waals surface area contributed by atoms with Gasteiger partial charge in [-0.15, -0.1) is 0 Å². The van der Waals surface area contributed by atoms with Crippen molar-refractivity contribution in [2.24, 2.45) is 0 Å². The lowest BCUT2D eigenvalue weighted by molar-refractivity contribution is 0.0922. The fraction of sp³-hybridized carbons (Fsp3) is 0.381. The highest BCUT2D eigenvalue weighted by Crippen LogP contribution is 2.34. The number of ether oxygens (including phenoxy) is 1. The summed E-state index contributed by atoms with van der Waals surface area (Å²) >= 11 is 0. The highest BCUT2D eigenvalue weighted by Gasteiger charge is 2.41. The molecule has 7 heteroatoms. The van der Waals surface area contributed by atoms with E-state index in [-0.39, 0.29) is 25.2 Å². The highest BCUT2D eigenvalue weighted by molar-refractivity contribution is 5.99. The molecule has 2 aromatic rings. The van der Waals surface area contributed by atoms with Crippen LogP contribution in [0.25, 0.3) is 11.3 Å². The number of carbonyl (C=O) groups is 2. The Kier molecular flexibility index (Phi) is 5.38. The summed E-state index contributed by atoms with van der Waals surface area (Å²) in [4.78, 5) is 31.0. The normalized spacial score (nSPS) is 16.6. The first-order valence-electron chi connectivity index (χ1n) is 9.18. The van der Waals surface area contributed by atoms with E-state index in [1.807, 2.05) is 39.0 Å². The summed E-state index contributed by atoms with van der Waals surface area (Å²) in [6.45, 7) is 7.58. The van der Waals surface area contributed by atoms with Gasteiger partial charge < -0.3 is 15.2 Å². The van der Waals surface area contributed by atoms with E-state index >= 15 is 0 Å². The van der Waals surface area contributed by atoms with Gasteiger partial charge in [0.25, 0.3) is 5.91 Å². The van der Waals surface area contributed by atoms with E-state index in [9.17, 15) is 14.7 Å². The van der Waals surface area contributed by atoms with Gasteiger partial charge in [0.2, 0.25) is 0 Å². The standard InChI is InChI=1S/C21H25N3O4/c1-13-5-6-18(22-10-13)15-7-16(19(26)23-14(2)11-25)9-17(8-15)24-20(27)28-12-21(24,3)4/h5-10,14,25H,11-12H2,1-4H3,(H,23,26)/t14-/m0/s1. The van der Waals surface area contributed by atoms with Crippen LogP contribution in [0.3, 0.4) is 0 Å². The maximum atomic E-state index is 12.7. The van der Waals surface area contributed by atoms with E-state index in [0.29, 0.717) is 16.9 Å². The molecule has 2 amide bonds. The van der Waals surface area contributed by atoms with E-state index in [1.165, 1.54) is 0 Å². The first-order chi connectivity index (χ1) is 13.2. The van der Waals surface area contributed by atoms with Gasteiger partial charge in [0, 0.05) is 29.1 Å². The van der Waals surface area contributed by atoms with Crippen molar-refractivity contribution < 1.29 is 19.4 Å². The number of hydrogen-bond donors (Lipinski definition) is 2. The lowest BCUT2D eigenvalue weighted by atomic mass is 10.0. The first kappa shape index (κ1) is 19.8. The number of carbonyl (C=O) groups excluding carboxylic acids is 2. The maximum Gasteiger partial charge on any atom is 0.414 e. The molecule has 0 radical (unpaired) electrons. The number of anilines is 1. The number of amides is 2. The van der Waals surface area contributed by atoms with Gasteiger partial charge >= 0.3 is 6.09 Å². The van der Waals surface area contributed by atoms with Crippen molar-refractivity contribution in [2.75, 3.05) is 18.1 Å². The molecule has 1 aromatic heterocycles. The van der Waals surface area contributed by atoms with Gasteiger partial charge in [-0.05, 0) is 57.5 Å². The fourth-order valence-corrected chi connectivity index (χ4v) is 3.08. The predicted molar refractivity (Wildman–Crippen MR) is 106 cm³/mol. The number of aromatic nitrogens is 1. The van der Waals surface area contributed by atoms with Crippen LogP contribution in [0.5, 0.6) is 0 Å². The molecule has 0 saturated carbocycles. The third-order valence-corrected chi connectivity index (χ3v) is 4.63. The van der Waals surface area contributed by atoms with Gasteiger partial charge in [-0.3, -0.25) is 14.7 Å². The second-order valence-corrected chi connectivity index (χ2v) is 7.75. The minimum atomic E-state index is -0.539. The summed E-state index contributed by atoms with van der Waals surface area (Å²) < 4.78 is 5.22. The molecule has 1 saturated heterocycles. The van der Waals surface area contributed by atoms with Crippen LogP contribution in [-0.4, -0.2) is 46.9 Å². The molecule has 3 rings (SSSR count). The smallest absolute Gasteiger partial charge is 0.414 e. The van der Waals surface area contributed by atoms with Crippen LogP contribution in [0, 0.1) is 6.92 Å². The molecule has 2 heterocycles.